The van der Waals surface area contributed by atoms with Gasteiger partial charge in [0.1, 0.15) is 29.0 Å². The Kier molecular flexibility index (Phi) is 7.32. The Hall–Kier alpha value is -4.30. The topological polar surface area (TPSA) is 136 Å². The van der Waals surface area contributed by atoms with E-state index in [4.69, 9.17) is 14.0 Å². The molecule has 33 heavy (non-hydrogen) atoms. The number of nitrogens with one attached hydrogen (secondary N) is 1. The average molecular weight is 454 g/mol. The van der Waals surface area contributed by atoms with Crippen LogP contribution in [0.25, 0.3) is 0 Å². The van der Waals surface area contributed by atoms with Crippen LogP contribution < -0.4 is 15.6 Å². The zero-order valence-corrected chi connectivity index (χ0v) is 17.8. The predicted molar refractivity (Wildman–Crippen MR) is 112 cm³/mol. The number of ether oxygens (including phenoxy) is 2. The molecule has 3 rings (SSSR count). The molecule has 1 N–H and O–H groups in total. The van der Waals surface area contributed by atoms with Crippen molar-refractivity contribution in [2.24, 2.45) is 0 Å². The molecule has 170 valence electrons. The van der Waals surface area contributed by atoms with Crippen molar-refractivity contribution in [1.82, 2.24) is 9.72 Å². The van der Waals surface area contributed by atoms with Crippen LogP contribution in [0.4, 0.5) is 10.2 Å². The lowest BCUT2D eigenvalue weighted by Gasteiger charge is -2.12. The number of methoxy groups -OCH3 is 1. The lowest BCUT2D eigenvalue weighted by atomic mass is 10.0. The number of halogens is 1. The van der Waals surface area contributed by atoms with Crippen molar-refractivity contribution in [3.05, 3.63) is 75.2 Å². The Morgan fingerprint density at radius 3 is 2.76 bits per heavy atom. The number of nitrogens with zero attached hydrogens (tertiary/aromatic N) is 3. The van der Waals surface area contributed by atoms with Gasteiger partial charge >= 0.3 is 0 Å². The summed E-state index contributed by atoms with van der Waals surface area (Å²) in [6, 6.07) is 7.63. The van der Waals surface area contributed by atoms with Crippen LogP contribution in [-0.2, 0) is 16.1 Å². The summed E-state index contributed by atoms with van der Waals surface area (Å²) in [5.41, 5.74) is -1.04. The van der Waals surface area contributed by atoms with Gasteiger partial charge in [0, 0.05) is 31.5 Å². The molecule has 0 fully saturated rings. The summed E-state index contributed by atoms with van der Waals surface area (Å²) in [5.74, 6) is -1.34. The molecule has 1 aromatic carbocycles. The van der Waals surface area contributed by atoms with Gasteiger partial charge in [0.25, 0.3) is 11.5 Å². The van der Waals surface area contributed by atoms with E-state index in [2.05, 4.69) is 10.5 Å². The van der Waals surface area contributed by atoms with E-state index in [0.29, 0.717) is 5.76 Å². The molecule has 1 amide bonds. The SMILES string of the molecule is COCCn1cc(C(=O)c2cc(F)ccc2OCC(=O)Nc2cc(C)on2)cc(C#N)c1=O. The van der Waals surface area contributed by atoms with Crippen LogP contribution in [0.1, 0.15) is 27.2 Å². The number of amides is 1. The van der Waals surface area contributed by atoms with Gasteiger partial charge in [-0.3, -0.25) is 14.4 Å². The fraction of sp³-hybridized carbons (Fsp3) is 0.227. The molecule has 11 heteroatoms. The lowest BCUT2D eigenvalue weighted by molar-refractivity contribution is -0.118. The van der Waals surface area contributed by atoms with Gasteiger partial charge in [0.05, 0.1) is 12.2 Å². The van der Waals surface area contributed by atoms with Crippen LogP contribution in [0.15, 0.2) is 45.8 Å². The van der Waals surface area contributed by atoms with Crippen LogP contribution in [-0.4, -0.2) is 41.7 Å². The standard InChI is InChI=1S/C22H19FN4O6/c1-13-7-19(26-33-13)25-20(28)12-32-18-4-3-16(23)9-17(18)21(29)15-8-14(10-24)22(30)27(11-15)5-6-31-2/h3-4,7-9,11H,5-6,12H2,1-2H3,(H,25,26,28). The normalized spacial score (nSPS) is 10.5. The number of ketones is 1. The number of carbonyl (C=O) groups excluding carboxylic acids is 2. The number of hydrogen-bond donors (Lipinski definition) is 1. The summed E-state index contributed by atoms with van der Waals surface area (Å²) in [4.78, 5) is 37.6. The number of aryl methyl sites for hydroxylation is 1. The largest absolute Gasteiger partial charge is 0.483 e. The minimum absolute atomic E-state index is 0.0276. The van der Waals surface area contributed by atoms with Crippen LogP contribution in [0.3, 0.4) is 0 Å². The van der Waals surface area contributed by atoms with Crippen molar-refractivity contribution in [2.45, 2.75) is 13.5 Å². The third kappa shape index (κ3) is 5.69. The predicted octanol–water partition coefficient (Wildman–Crippen LogP) is 2.05. The van der Waals surface area contributed by atoms with Gasteiger partial charge < -0.3 is 23.9 Å². The van der Waals surface area contributed by atoms with Crippen molar-refractivity contribution < 1.29 is 28.0 Å². The summed E-state index contributed by atoms with van der Waals surface area (Å²) in [7, 11) is 1.45. The fourth-order valence-corrected chi connectivity index (χ4v) is 2.90. The molecule has 0 saturated heterocycles. The van der Waals surface area contributed by atoms with Gasteiger partial charge in [0.15, 0.2) is 18.2 Å². The van der Waals surface area contributed by atoms with Gasteiger partial charge in [-0.1, -0.05) is 5.16 Å². The van der Waals surface area contributed by atoms with Gasteiger partial charge in [-0.2, -0.15) is 5.26 Å². The Bertz CT molecular complexity index is 1290. The molecule has 3 aromatic rings. The Labute approximate surface area is 187 Å². The third-order valence-electron chi connectivity index (χ3n) is 4.45. The molecule has 0 unspecified atom stereocenters. The second kappa shape index (κ2) is 10.3. The van der Waals surface area contributed by atoms with E-state index in [0.717, 1.165) is 18.2 Å². The van der Waals surface area contributed by atoms with Crippen molar-refractivity contribution in [3.8, 4) is 11.8 Å². The average Bonchev–Trinajstić information content (AvgIpc) is 3.21. The van der Waals surface area contributed by atoms with E-state index in [1.54, 1.807) is 13.0 Å². The molecule has 0 aliphatic heterocycles. The third-order valence-corrected chi connectivity index (χ3v) is 4.45. The molecule has 2 heterocycles. The Balaban J connectivity index is 1.86. The van der Waals surface area contributed by atoms with E-state index in [1.165, 1.54) is 30.0 Å². The van der Waals surface area contributed by atoms with E-state index < -0.39 is 29.7 Å². The molecule has 0 aliphatic rings. The van der Waals surface area contributed by atoms with Crippen LogP contribution in [0.5, 0.6) is 5.75 Å². The second-order valence-corrected chi connectivity index (χ2v) is 6.87. The first-order chi connectivity index (χ1) is 15.8. The molecular formula is C22H19FN4O6. The van der Waals surface area contributed by atoms with E-state index in [9.17, 15) is 24.0 Å². The highest BCUT2D eigenvalue weighted by atomic mass is 19.1. The van der Waals surface area contributed by atoms with Gasteiger partial charge in [0.2, 0.25) is 0 Å². The summed E-state index contributed by atoms with van der Waals surface area (Å²) >= 11 is 0. The molecule has 0 bridgehead atoms. The molecule has 10 nitrogen and oxygen atoms in total. The minimum Gasteiger partial charge on any atom is -0.483 e. The summed E-state index contributed by atoms with van der Waals surface area (Å²) in [6.45, 7) is 1.45. The molecular weight excluding hydrogens is 435 g/mol. The maximum Gasteiger partial charge on any atom is 0.268 e. The van der Waals surface area contributed by atoms with Crippen molar-refractivity contribution >= 4 is 17.5 Å². The quantitative estimate of drug-likeness (QED) is 0.485. The lowest BCUT2D eigenvalue weighted by Crippen LogP contribution is -2.26. The maximum absolute atomic E-state index is 13.9. The number of rotatable bonds is 9. The van der Waals surface area contributed by atoms with Gasteiger partial charge in [-0.25, -0.2) is 4.39 Å². The van der Waals surface area contributed by atoms with Crippen molar-refractivity contribution in [3.63, 3.8) is 0 Å². The smallest absolute Gasteiger partial charge is 0.268 e. The maximum atomic E-state index is 13.9. The van der Waals surface area contributed by atoms with Crippen LogP contribution >= 0.6 is 0 Å². The number of carbonyl (C=O) groups is 2. The number of pyridine rings is 1. The first-order valence-electron chi connectivity index (χ1n) is 9.66. The number of aromatic nitrogens is 2. The molecule has 0 radical (unpaired) electrons. The molecule has 0 spiro atoms. The zero-order chi connectivity index (χ0) is 24.0. The summed E-state index contributed by atoms with van der Waals surface area (Å²) in [5, 5.41) is 15.4. The molecule has 0 atom stereocenters. The number of hydrogen-bond acceptors (Lipinski definition) is 8. The van der Waals surface area contributed by atoms with Crippen molar-refractivity contribution in [2.75, 3.05) is 25.6 Å². The molecule has 0 aliphatic carbocycles. The molecule has 0 saturated carbocycles. The highest BCUT2D eigenvalue weighted by Gasteiger charge is 2.20. The van der Waals surface area contributed by atoms with Gasteiger partial charge in [-0.05, 0) is 31.2 Å². The summed E-state index contributed by atoms with van der Waals surface area (Å²) in [6.07, 6.45) is 1.26. The summed E-state index contributed by atoms with van der Waals surface area (Å²) < 4.78 is 30.3. The minimum atomic E-state index is -0.707. The second-order valence-electron chi connectivity index (χ2n) is 6.87. The zero-order valence-electron chi connectivity index (χ0n) is 17.8. The number of benzene rings is 1. The fourth-order valence-electron chi connectivity index (χ4n) is 2.90. The van der Waals surface area contributed by atoms with E-state index in [1.807, 2.05) is 0 Å². The highest BCUT2D eigenvalue weighted by molar-refractivity contribution is 6.10. The first kappa shape index (κ1) is 23.4. The number of nitriles is 1. The molecule has 2 aromatic heterocycles. The van der Waals surface area contributed by atoms with E-state index in [-0.39, 0.29) is 41.4 Å². The highest BCUT2D eigenvalue weighted by Crippen LogP contribution is 2.23. The monoisotopic (exact) mass is 454 g/mol. The van der Waals surface area contributed by atoms with Gasteiger partial charge in [-0.15, -0.1) is 0 Å². The van der Waals surface area contributed by atoms with Crippen LogP contribution in [0, 0.1) is 24.1 Å². The van der Waals surface area contributed by atoms with E-state index >= 15 is 0 Å². The first-order valence-corrected chi connectivity index (χ1v) is 9.66. The number of anilines is 1. The Morgan fingerprint density at radius 2 is 2.09 bits per heavy atom. The Morgan fingerprint density at radius 1 is 1.30 bits per heavy atom. The van der Waals surface area contributed by atoms with Crippen molar-refractivity contribution in [1.29, 1.82) is 5.26 Å². The van der Waals surface area contributed by atoms with Crippen LogP contribution in [0.2, 0.25) is 0 Å².